The van der Waals surface area contributed by atoms with Crippen LogP contribution in [0, 0.1) is 5.92 Å². The number of rotatable bonds is 3. The molecule has 1 aromatic heterocycles. The van der Waals surface area contributed by atoms with Gasteiger partial charge in [0, 0.05) is 22.8 Å². The summed E-state index contributed by atoms with van der Waals surface area (Å²) in [4.78, 5) is 12.5. The minimum absolute atomic E-state index is 0.0720. The number of fused-ring (bicyclic) bond motifs is 1. The second-order valence-electron chi connectivity index (χ2n) is 7.84. The Labute approximate surface area is 140 Å². The third-order valence-corrected chi connectivity index (χ3v) is 5.97. The molecule has 3 rings (SSSR count). The van der Waals surface area contributed by atoms with Gasteiger partial charge in [-0.05, 0) is 39.5 Å². The maximum atomic E-state index is 12.5. The van der Waals surface area contributed by atoms with Crippen LogP contribution in [-0.2, 0) is 32.6 Å². The molecule has 1 aliphatic carbocycles. The van der Waals surface area contributed by atoms with Gasteiger partial charge in [-0.2, -0.15) is 5.10 Å². The first kappa shape index (κ1) is 16.7. The van der Waals surface area contributed by atoms with Gasteiger partial charge in [0.05, 0.1) is 22.7 Å². The lowest BCUT2D eigenvalue weighted by molar-refractivity contribution is -0.117. The molecule has 23 heavy (non-hydrogen) atoms. The molecule has 0 radical (unpaired) electrons. The van der Waals surface area contributed by atoms with Crippen molar-refractivity contribution in [2.75, 3.05) is 5.32 Å². The second-order valence-corrected chi connectivity index (χ2v) is 9.30. The zero-order valence-corrected chi connectivity index (χ0v) is 15.2. The van der Waals surface area contributed by atoms with Gasteiger partial charge in [0.25, 0.3) is 0 Å². The maximum Gasteiger partial charge on any atom is 0.225 e. The first-order valence-corrected chi connectivity index (χ1v) is 10.1. The molecule has 1 fully saturated rings. The van der Waals surface area contributed by atoms with Gasteiger partial charge in [-0.1, -0.05) is 19.3 Å². The SMILES string of the molecule is CC(C)(C)n1nc2c(c1NC(=O)CC1CCCCC1)C[S@](=O)C2. The molecule has 1 N–H and O–H groups in total. The predicted octanol–water partition coefficient (Wildman–Crippen LogP) is 3.31. The zero-order valence-electron chi connectivity index (χ0n) is 14.4. The minimum atomic E-state index is -0.882. The Bertz CT molecular complexity index is 625. The second kappa shape index (κ2) is 6.38. The van der Waals surface area contributed by atoms with Gasteiger partial charge in [-0.3, -0.25) is 9.00 Å². The Hall–Kier alpha value is -1.17. The van der Waals surface area contributed by atoms with Crippen molar-refractivity contribution in [3.8, 4) is 0 Å². The van der Waals surface area contributed by atoms with E-state index in [0.29, 0.717) is 23.8 Å². The molecule has 6 heteroatoms. The molecular formula is C17H27N3O2S. The van der Waals surface area contributed by atoms with Crippen LogP contribution in [-0.4, -0.2) is 19.9 Å². The summed E-state index contributed by atoms with van der Waals surface area (Å²) in [7, 11) is -0.882. The lowest BCUT2D eigenvalue weighted by Gasteiger charge is -2.24. The number of aromatic nitrogens is 2. The third kappa shape index (κ3) is 3.67. The zero-order chi connectivity index (χ0) is 16.6. The summed E-state index contributed by atoms with van der Waals surface area (Å²) in [6, 6.07) is 0. The number of carbonyl (C=O) groups is 1. The van der Waals surface area contributed by atoms with Crippen LogP contribution in [0.15, 0.2) is 0 Å². The summed E-state index contributed by atoms with van der Waals surface area (Å²) in [5.74, 6) is 2.35. The molecule has 1 aromatic rings. The van der Waals surface area contributed by atoms with E-state index in [4.69, 9.17) is 0 Å². The summed E-state index contributed by atoms with van der Waals surface area (Å²) in [5, 5.41) is 7.71. The summed E-state index contributed by atoms with van der Waals surface area (Å²) in [6.07, 6.45) is 6.70. The van der Waals surface area contributed by atoms with Gasteiger partial charge in [0.1, 0.15) is 5.82 Å². The van der Waals surface area contributed by atoms with Crippen molar-refractivity contribution in [2.45, 2.75) is 76.3 Å². The van der Waals surface area contributed by atoms with Gasteiger partial charge in [0.2, 0.25) is 5.91 Å². The van der Waals surface area contributed by atoms with Crippen molar-refractivity contribution in [1.29, 1.82) is 0 Å². The molecular weight excluding hydrogens is 310 g/mol. The number of hydrogen-bond donors (Lipinski definition) is 1. The Morgan fingerprint density at radius 1 is 1.26 bits per heavy atom. The molecule has 2 heterocycles. The quantitative estimate of drug-likeness (QED) is 0.920. The molecule has 1 amide bonds. The van der Waals surface area contributed by atoms with Gasteiger partial charge in [-0.15, -0.1) is 0 Å². The minimum Gasteiger partial charge on any atom is -0.311 e. The molecule has 128 valence electrons. The molecule has 0 unspecified atom stereocenters. The Balaban J connectivity index is 1.78. The number of anilines is 1. The fourth-order valence-corrected chi connectivity index (χ4v) is 4.84. The molecule has 1 aliphatic heterocycles. The fraction of sp³-hybridized carbons (Fsp3) is 0.765. The molecule has 0 aromatic carbocycles. The van der Waals surface area contributed by atoms with E-state index in [1.54, 1.807) is 0 Å². The Morgan fingerprint density at radius 2 is 1.96 bits per heavy atom. The van der Waals surface area contributed by atoms with Gasteiger partial charge in [-0.25, -0.2) is 4.68 Å². The summed E-state index contributed by atoms with van der Waals surface area (Å²) in [6.45, 7) is 6.22. The number of carbonyl (C=O) groups excluding carboxylic acids is 1. The van der Waals surface area contributed by atoms with Gasteiger partial charge < -0.3 is 5.32 Å². The van der Waals surface area contributed by atoms with Gasteiger partial charge in [0.15, 0.2) is 0 Å². The number of hydrogen-bond acceptors (Lipinski definition) is 3. The van der Waals surface area contributed by atoms with Crippen LogP contribution in [0.4, 0.5) is 5.82 Å². The number of nitrogens with zero attached hydrogens (tertiary/aromatic N) is 2. The van der Waals surface area contributed by atoms with E-state index in [9.17, 15) is 9.00 Å². The van der Waals surface area contributed by atoms with Crippen molar-refractivity contribution < 1.29 is 9.00 Å². The van der Waals surface area contributed by atoms with E-state index in [1.165, 1.54) is 19.3 Å². The summed E-state index contributed by atoms with van der Waals surface area (Å²) < 4.78 is 13.7. The van der Waals surface area contributed by atoms with E-state index in [2.05, 4.69) is 31.2 Å². The number of amides is 1. The highest BCUT2D eigenvalue weighted by molar-refractivity contribution is 7.83. The Morgan fingerprint density at radius 3 is 2.61 bits per heavy atom. The molecule has 0 saturated heterocycles. The van der Waals surface area contributed by atoms with Crippen LogP contribution >= 0.6 is 0 Å². The van der Waals surface area contributed by atoms with Crippen molar-refractivity contribution in [2.24, 2.45) is 5.92 Å². The van der Waals surface area contributed by atoms with E-state index >= 15 is 0 Å². The van der Waals surface area contributed by atoms with E-state index < -0.39 is 10.8 Å². The summed E-state index contributed by atoms with van der Waals surface area (Å²) >= 11 is 0. The van der Waals surface area contributed by atoms with Crippen molar-refractivity contribution in [1.82, 2.24) is 9.78 Å². The standard InChI is InChI=1S/C17H27N3O2S/c1-17(2,3)20-16(13-10-23(22)11-14(13)19-20)18-15(21)9-12-7-5-4-6-8-12/h12H,4-11H2,1-3H3,(H,18,21)/t23-/m0/s1. The highest BCUT2D eigenvalue weighted by atomic mass is 32.2. The lowest BCUT2D eigenvalue weighted by Crippen LogP contribution is -2.28. The highest BCUT2D eigenvalue weighted by Crippen LogP contribution is 2.33. The maximum absolute atomic E-state index is 12.5. The average Bonchev–Trinajstić information content (AvgIpc) is 2.97. The van der Waals surface area contributed by atoms with E-state index in [0.717, 1.165) is 29.9 Å². The molecule has 0 spiro atoms. The predicted molar refractivity (Wildman–Crippen MR) is 92.6 cm³/mol. The van der Waals surface area contributed by atoms with E-state index in [1.807, 2.05) is 4.68 Å². The monoisotopic (exact) mass is 337 g/mol. The Kier molecular flexibility index (Phi) is 4.63. The highest BCUT2D eigenvalue weighted by Gasteiger charge is 2.31. The van der Waals surface area contributed by atoms with Crippen LogP contribution in [0.25, 0.3) is 0 Å². The molecule has 1 atom stereocenters. The fourth-order valence-electron chi connectivity index (χ4n) is 3.58. The van der Waals surface area contributed by atoms with Crippen LogP contribution in [0.3, 0.4) is 0 Å². The number of nitrogens with one attached hydrogen (secondary N) is 1. The first-order valence-electron chi connectivity index (χ1n) is 8.60. The van der Waals surface area contributed by atoms with Crippen molar-refractivity contribution in [3.63, 3.8) is 0 Å². The lowest BCUT2D eigenvalue weighted by atomic mass is 9.87. The summed E-state index contributed by atoms with van der Waals surface area (Å²) in [5.41, 5.74) is 1.64. The van der Waals surface area contributed by atoms with Crippen LogP contribution in [0.2, 0.25) is 0 Å². The third-order valence-electron chi connectivity index (χ3n) is 4.76. The first-order chi connectivity index (χ1) is 10.8. The normalized spacial score (nSPS) is 22.1. The molecule has 0 bridgehead atoms. The van der Waals surface area contributed by atoms with Crippen molar-refractivity contribution in [3.05, 3.63) is 11.3 Å². The van der Waals surface area contributed by atoms with Crippen LogP contribution < -0.4 is 5.32 Å². The molecule has 5 nitrogen and oxygen atoms in total. The van der Waals surface area contributed by atoms with Gasteiger partial charge >= 0.3 is 0 Å². The average molecular weight is 337 g/mol. The van der Waals surface area contributed by atoms with E-state index in [-0.39, 0.29) is 11.4 Å². The largest absolute Gasteiger partial charge is 0.311 e. The smallest absolute Gasteiger partial charge is 0.225 e. The molecule has 2 aliphatic rings. The van der Waals surface area contributed by atoms with Crippen LogP contribution in [0.5, 0.6) is 0 Å². The van der Waals surface area contributed by atoms with Crippen LogP contribution in [0.1, 0.15) is 70.6 Å². The molecule has 1 saturated carbocycles. The topological polar surface area (TPSA) is 64.0 Å². The van der Waals surface area contributed by atoms with Crippen molar-refractivity contribution >= 4 is 22.5 Å².